The Morgan fingerprint density at radius 2 is 2.07 bits per heavy atom. The maximum Gasteiger partial charge on any atom is 0.454 e. The van der Waals surface area contributed by atoms with Crippen LogP contribution in [0.1, 0.15) is 26.2 Å². The van der Waals surface area contributed by atoms with E-state index in [2.05, 4.69) is 0 Å². The molecule has 2 nitrogen and oxygen atoms in total. The van der Waals surface area contributed by atoms with Gasteiger partial charge in [-0.3, -0.25) is 4.79 Å². The molecule has 0 aromatic carbocycles. The van der Waals surface area contributed by atoms with Gasteiger partial charge in [0.25, 0.3) is 5.78 Å². The fourth-order valence-electron chi connectivity index (χ4n) is 1.71. The summed E-state index contributed by atoms with van der Waals surface area (Å²) < 4.78 is 41.5. The lowest BCUT2D eigenvalue weighted by Crippen LogP contribution is -2.28. The smallest absolute Gasteiger partial charge is 0.454 e. The van der Waals surface area contributed by atoms with Crippen LogP contribution in [0.4, 0.5) is 13.2 Å². The van der Waals surface area contributed by atoms with Crippen molar-refractivity contribution in [3.05, 3.63) is 11.3 Å². The van der Waals surface area contributed by atoms with Crippen LogP contribution in [-0.2, 0) is 9.53 Å². The number of hydrogen-bond donors (Lipinski definition) is 0. The van der Waals surface area contributed by atoms with Crippen LogP contribution in [0.3, 0.4) is 0 Å². The van der Waals surface area contributed by atoms with E-state index in [-0.39, 0.29) is 23.7 Å². The van der Waals surface area contributed by atoms with Gasteiger partial charge in [0.1, 0.15) is 5.76 Å². The standard InChI is InChI=1S/C10H13F3O2/c1-6-3-4-8(15-2)7(5-6)9(14)10(11,12)13/h6H,3-5H2,1-2H3. The van der Waals surface area contributed by atoms with Crippen LogP contribution in [0.2, 0.25) is 0 Å². The molecule has 0 spiro atoms. The minimum absolute atomic E-state index is 0.102. The van der Waals surface area contributed by atoms with E-state index in [1.54, 1.807) is 0 Å². The van der Waals surface area contributed by atoms with Crippen molar-refractivity contribution in [2.24, 2.45) is 5.92 Å². The van der Waals surface area contributed by atoms with E-state index >= 15 is 0 Å². The third kappa shape index (κ3) is 2.73. The maximum absolute atomic E-state index is 12.2. The number of rotatable bonds is 2. The van der Waals surface area contributed by atoms with Crippen LogP contribution in [0.15, 0.2) is 11.3 Å². The van der Waals surface area contributed by atoms with Crippen molar-refractivity contribution in [3.63, 3.8) is 0 Å². The van der Waals surface area contributed by atoms with Crippen LogP contribution in [0.25, 0.3) is 0 Å². The summed E-state index contributed by atoms with van der Waals surface area (Å²) >= 11 is 0. The first-order valence-corrected chi connectivity index (χ1v) is 4.73. The monoisotopic (exact) mass is 222 g/mol. The highest BCUT2D eigenvalue weighted by atomic mass is 19.4. The van der Waals surface area contributed by atoms with Crippen LogP contribution in [0, 0.1) is 5.92 Å². The highest BCUT2D eigenvalue weighted by molar-refractivity contribution is 6.00. The van der Waals surface area contributed by atoms with Crippen LogP contribution in [0.5, 0.6) is 0 Å². The van der Waals surface area contributed by atoms with E-state index < -0.39 is 12.0 Å². The first-order valence-electron chi connectivity index (χ1n) is 4.73. The Kier molecular flexibility index (Phi) is 3.42. The number of methoxy groups -OCH3 is 1. The van der Waals surface area contributed by atoms with Crippen molar-refractivity contribution < 1.29 is 22.7 Å². The number of carbonyl (C=O) groups is 1. The third-order valence-electron chi connectivity index (χ3n) is 2.53. The third-order valence-corrected chi connectivity index (χ3v) is 2.53. The number of hydrogen-bond acceptors (Lipinski definition) is 2. The molecular formula is C10H13F3O2. The summed E-state index contributed by atoms with van der Waals surface area (Å²) in [6.45, 7) is 1.83. The zero-order valence-electron chi connectivity index (χ0n) is 8.65. The van der Waals surface area contributed by atoms with Gasteiger partial charge in [-0.25, -0.2) is 0 Å². The maximum atomic E-state index is 12.2. The summed E-state index contributed by atoms with van der Waals surface area (Å²) in [7, 11) is 1.30. The average molecular weight is 222 g/mol. The SMILES string of the molecule is COC1=C(C(=O)C(F)(F)F)CC(C)CC1. The second kappa shape index (κ2) is 4.24. The largest absolute Gasteiger partial charge is 0.501 e. The second-order valence-corrected chi connectivity index (χ2v) is 3.78. The van der Waals surface area contributed by atoms with Crippen LogP contribution >= 0.6 is 0 Å². The van der Waals surface area contributed by atoms with Gasteiger partial charge in [0.2, 0.25) is 0 Å². The Balaban J connectivity index is 2.98. The number of Topliss-reactive ketones (excluding diaryl/α,β-unsaturated/α-hetero) is 1. The highest BCUT2D eigenvalue weighted by Crippen LogP contribution is 2.34. The molecule has 0 radical (unpaired) electrons. The number of alkyl halides is 3. The lowest BCUT2D eigenvalue weighted by atomic mass is 9.87. The molecule has 0 amide bonds. The van der Waals surface area contributed by atoms with Crippen molar-refractivity contribution in [1.82, 2.24) is 0 Å². The van der Waals surface area contributed by atoms with Crippen molar-refractivity contribution in [2.75, 3.05) is 7.11 Å². The van der Waals surface area contributed by atoms with Gasteiger partial charge in [0, 0.05) is 12.0 Å². The zero-order chi connectivity index (χ0) is 11.6. The number of ketones is 1. The van der Waals surface area contributed by atoms with Crippen molar-refractivity contribution in [1.29, 1.82) is 0 Å². The molecule has 1 rings (SSSR count). The average Bonchev–Trinajstić information content (AvgIpc) is 2.15. The Morgan fingerprint density at radius 1 is 1.47 bits per heavy atom. The van der Waals surface area contributed by atoms with E-state index in [1.165, 1.54) is 7.11 Å². The molecule has 0 aliphatic heterocycles. The van der Waals surface area contributed by atoms with Gasteiger partial charge in [-0.2, -0.15) is 13.2 Å². The summed E-state index contributed by atoms with van der Waals surface area (Å²) in [5.41, 5.74) is -0.205. The summed E-state index contributed by atoms with van der Waals surface area (Å²) in [6.07, 6.45) is -3.47. The Labute approximate surface area is 86.1 Å². The molecule has 0 saturated heterocycles. The minimum Gasteiger partial charge on any atom is -0.501 e. The van der Waals surface area contributed by atoms with Gasteiger partial charge in [0.05, 0.1) is 7.11 Å². The molecule has 0 fully saturated rings. The van der Waals surface area contributed by atoms with E-state index in [0.717, 1.165) is 6.42 Å². The normalized spacial score (nSPS) is 22.9. The van der Waals surface area contributed by atoms with E-state index in [1.807, 2.05) is 6.92 Å². The van der Waals surface area contributed by atoms with Gasteiger partial charge >= 0.3 is 6.18 Å². The van der Waals surface area contributed by atoms with Crippen LogP contribution < -0.4 is 0 Å². The molecule has 0 bridgehead atoms. The molecule has 0 N–H and O–H groups in total. The number of allylic oxidation sites excluding steroid dienone is 2. The second-order valence-electron chi connectivity index (χ2n) is 3.78. The molecule has 5 heteroatoms. The molecule has 1 aliphatic carbocycles. The number of carbonyl (C=O) groups excluding carboxylic acids is 1. The molecule has 0 aromatic rings. The molecular weight excluding hydrogens is 209 g/mol. The summed E-state index contributed by atoms with van der Waals surface area (Å²) in [6, 6.07) is 0. The molecule has 1 atom stereocenters. The van der Waals surface area contributed by atoms with Gasteiger partial charge < -0.3 is 4.74 Å². The molecule has 15 heavy (non-hydrogen) atoms. The minimum atomic E-state index is -4.80. The highest BCUT2D eigenvalue weighted by Gasteiger charge is 2.43. The molecule has 1 aliphatic rings. The molecule has 0 heterocycles. The lowest BCUT2D eigenvalue weighted by molar-refractivity contribution is -0.167. The Morgan fingerprint density at radius 3 is 2.53 bits per heavy atom. The summed E-state index contributed by atoms with van der Waals surface area (Å²) in [5.74, 6) is -1.47. The van der Waals surface area contributed by atoms with E-state index in [0.29, 0.717) is 6.42 Å². The predicted molar refractivity (Wildman–Crippen MR) is 48.1 cm³/mol. The Bertz CT molecular complexity index is 292. The Hall–Kier alpha value is -1.00. The number of ether oxygens (including phenoxy) is 1. The summed E-state index contributed by atoms with van der Waals surface area (Å²) in [4.78, 5) is 11.1. The zero-order valence-corrected chi connectivity index (χ0v) is 8.65. The molecule has 0 aromatic heterocycles. The fraction of sp³-hybridized carbons (Fsp3) is 0.700. The molecule has 1 unspecified atom stereocenters. The predicted octanol–water partition coefficient (Wildman–Crippen LogP) is 2.84. The van der Waals surface area contributed by atoms with Gasteiger partial charge in [0.15, 0.2) is 0 Å². The van der Waals surface area contributed by atoms with Gasteiger partial charge in [-0.05, 0) is 18.8 Å². The first kappa shape index (κ1) is 12.1. The lowest BCUT2D eigenvalue weighted by Gasteiger charge is -2.23. The topological polar surface area (TPSA) is 26.3 Å². The summed E-state index contributed by atoms with van der Waals surface area (Å²) in [5, 5.41) is 0. The first-order chi connectivity index (χ1) is 6.86. The molecule has 0 saturated carbocycles. The van der Waals surface area contributed by atoms with Crippen molar-refractivity contribution in [3.8, 4) is 0 Å². The number of halogens is 3. The van der Waals surface area contributed by atoms with Crippen molar-refractivity contribution in [2.45, 2.75) is 32.4 Å². The van der Waals surface area contributed by atoms with Gasteiger partial charge in [-0.1, -0.05) is 6.92 Å². The quantitative estimate of drug-likeness (QED) is 0.718. The van der Waals surface area contributed by atoms with Crippen molar-refractivity contribution >= 4 is 5.78 Å². The van der Waals surface area contributed by atoms with E-state index in [9.17, 15) is 18.0 Å². The molecule has 86 valence electrons. The van der Waals surface area contributed by atoms with E-state index in [4.69, 9.17) is 4.74 Å². The van der Waals surface area contributed by atoms with Gasteiger partial charge in [-0.15, -0.1) is 0 Å². The van der Waals surface area contributed by atoms with Crippen LogP contribution in [-0.4, -0.2) is 19.1 Å². The fourth-order valence-corrected chi connectivity index (χ4v) is 1.71.